The number of benzene rings is 1. The number of carbonyl (C=O) groups is 1. The van der Waals surface area contributed by atoms with Gasteiger partial charge in [-0.1, -0.05) is 6.07 Å². The van der Waals surface area contributed by atoms with E-state index in [1.54, 1.807) is 25.5 Å². The van der Waals surface area contributed by atoms with Crippen LogP contribution in [0.25, 0.3) is 11.0 Å². The lowest BCUT2D eigenvalue weighted by Gasteiger charge is -2.21. The van der Waals surface area contributed by atoms with Crippen LogP contribution in [0.4, 0.5) is 5.95 Å². The van der Waals surface area contributed by atoms with Gasteiger partial charge in [-0.3, -0.25) is 4.79 Å². The van der Waals surface area contributed by atoms with Crippen molar-refractivity contribution < 1.29 is 9.53 Å². The highest BCUT2D eigenvalue weighted by molar-refractivity contribution is 5.85. The zero-order valence-electron chi connectivity index (χ0n) is 11.3. The number of imidazole rings is 1. The van der Waals surface area contributed by atoms with Crippen LogP contribution >= 0.6 is 0 Å². The standard InChI is InChI=1S/C13H18N4O2/c1-13(2,11(14)18)7-17-8-5-4-6-9(19-3)10(8)16-12(17)15/h4-6H,7H2,1-3H3,(H2,14,18)(H2,15,16). The summed E-state index contributed by atoms with van der Waals surface area (Å²) in [5, 5.41) is 0. The summed E-state index contributed by atoms with van der Waals surface area (Å²) < 4.78 is 7.03. The molecule has 1 aromatic carbocycles. The van der Waals surface area contributed by atoms with E-state index in [1.165, 1.54) is 0 Å². The lowest BCUT2D eigenvalue weighted by Crippen LogP contribution is -2.35. The molecule has 0 aliphatic rings. The normalized spacial score (nSPS) is 11.7. The van der Waals surface area contributed by atoms with Crippen molar-refractivity contribution in [1.29, 1.82) is 0 Å². The average molecular weight is 262 g/mol. The number of nitrogens with zero attached hydrogens (tertiary/aromatic N) is 2. The SMILES string of the molecule is COc1cccc2c1nc(N)n2CC(C)(C)C(N)=O. The average Bonchev–Trinajstić information content (AvgIpc) is 2.65. The fraction of sp³-hybridized carbons (Fsp3) is 0.385. The maximum atomic E-state index is 11.4. The minimum atomic E-state index is -0.704. The molecule has 2 aromatic rings. The first-order chi connectivity index (χ1) is 8.86. The van der Waals surface area contributed by atoms with Crippen LogP contribution < -0.4 is 16.2 Å². The molecule has 0 unspecified atom stereocenters. The Hall–Kier alpha value is -2.24. The third-order valence-corrected chi connectivity index (χ3v) is 3.21. The predicted octanol–water partition coefficient (Wildman–Crippen LogP) is 1.14. The first-order valence-corrected chi connectivity index (χ1v) is 5.95. The molecule has 6 nitrogen and oxygen atoms in total. The maximum Gasteiger partial charge on any atom is 0.224 e. The number of primary amides is 1. The van der Waals surface area contributed by atoms with E-state index in [2.05, 4.69) is 4.98 Å². The highest BCUT2D eigenvalue weighted by Crippen LogP contribution is 2.29. The van der Waals surface area contributed by atoms with Crippen molar-refractivity contribution in [1.82, 2.24) is 9.55 Å². The Morgan fingerprint density at radius 1 is 1.47 bits per heavy atom. The number of nitrogens with two attached hydrogens (primary N) is 2. The zero-order valence-corrected chi connectivity index (χ0v) is 11.3. The largest absolute Gasteiger partial charge is 0.494 e. The molecule has 1 amide bonds. The minimum Gasteiger partial charge on any atom is -0.494 e. The number of para-hydroxylation sites is 1. The van der Waals surface area contributed by atoms with Crippen LogP contribution in [-0.4, -0.2) is 22.6 Å². The van der Waals surface area contributed by atoms with E-state index in [1.807, 2.05) is 18.2 Å². The van der Waals surface area contributed by atoms with Gasteiger partial charge in [0.15, 0.2) is 0 Å². The number of amides is 1. The Morgan fingerprint density at radius 3 is 2.74 bits per heavy atom. The second-order valence-corrected chi connectivity index (χ2v) is 5.13. The van der Waals surface area contributed by atoms with Crippen LogP contribution in [0.15, 0.2) is 18.2 Å². The van der Waals surface area contributed by atoms with E-state index in [9.17, 15) is 4.79 Å². The molecule has 1 aromatic heterocycles. The molecular formula is C13H18N4O2. The Morgan fingerprint density at radius 2 is 2.16 bits per heavy atom. The second kappa shape index (κ2) is 4.46. The molecule has 0 radical (unpaired) electrons. The highest BCUT2D eigenvalue weighted by Gasteiger charge is 2.27. The van der Waals surface area contributed by atoms with Gasteiger partial charge in [-0.2, -0.15) is 0 Å². The molecule has 2 rings (SSSR count). The minimum absolute atomic E-state index is 0.342. The number of aromatic nitrogens is 2. The monoisotopic (exact) mass is 262 g/mol. The lowest BCUT2D eigenvalue weighted by atomic mass is 9.92. The molecule has 0 fully saturated rings. The number of anilines is 1. The third-order valence-electron chi connectivity index (χ3n) is 3.21. The predicted molar refractivity (Wildman–Crippen MR) is 73.7 cm³/mol. The fourth-order valence-electron chi connectivity index (χ4n) is 1.94. The number of hydrogen-bond donors (Lipinski definition) is 2. The van der Waals surface area contributed by atoms with Gasteiger partial charge < -0.3 is 20.8 Å². The molecule has 0 aliphatic heterocycles. The van der Waals surface area contributed by atoms with E-state index in [0.717, 1.165) is 5.52 Å². The van der Waals surface area contributed by atoms with E-state index in [4.69, 9.17) is 16.2 Å². The quantitative estimate of drug-likeness (QED) is 0.863. The summed E-state index contributed by atoms with van der Waals surface area (Å²) in [4.78, 5) is 15.7. The van der Waals surface area contributed by atoms with Gasteiger partial charge in [0.25, 0.3) is 0 Å². The molecule has 0 saturated carbocycles. The van der Waals surface area contributed by atoms with E-state index >= 15 is 0 Å². The summed E-state index contributed by atoms with van der Waals surface area (Å²) >= 11 is 0. The molecule has 1 heterocycles. The topological polar surface area (TPSA) is 96.2 Å². The molecule has 0 bridgehead atoms. The molecule has 6 heteroatoms. The van der Waals surface area contributed by atoms with Crippen molar-refractivity contribution in [3.05, 3.63) is 18.2 Å². The number of ether oxygens (including phenoxy) is 1. The second-order valence-electron chi connectivity index (χ2n) is 5.13. The van der Waals surface area contributed by atoms with Gasteiger partial charge in [0.1, 0.15) is 11.3 Å². The Bertz CT molecular complexity index is 631. The Balaban J connectivity index is 2.56. The summed E-state index contributed by atoms with van der Waals surface area (Å²) in [6, 6.07) is 5.56. The molecule has 4 N–H and O–H groups in total. The molecule has 0 saturated heterocycles. The van der Waals surface area contributed by atoms with Crippen molar-refractivity contribution in [3.63, 3.8) is 0 Å². The highest BCUT2D eigenvalue weighted by atomic mass is 16.5. The van der Waals surface area contributed by atoms with E-state index in [0.29, 0.717) is 23.8 Å². The molecule has 19 heavy (non-hydrogen) atoms. The van der Waals surface area contributed by atoms with Gasteiger partial charge in [-0.25, -0.2) is 4.98 Å². The summed E-state index contributed by atoms with van der Waals surface area (Å²) in [5.41, 5.74) is 12.1. The van der Waals surface area contributed by atoms with Crippen molar-refractivity contribution in [3.8, 4) is 5.75 Å². The maximum absolute atomic E-state index is 11.4. The van der Waals surface area contributed by atoms with Crippen LogP contribution in [0.3, 0.4) is 0 Å². The summed E-state index contributed by atoms with van der Waals surface area (Å²) in [5.74, 6) is 0.616. The number of carbonyl (C=O) groups excluding carboxylic acids is 1. The van der Waals surface area contributed by atoms with E-state index < -0.39 is 5.41 Å². The third kappa shape index (κ3) is 2.21. The van der Waals surface area contributed by atoms with Crippen molar-refractivity contribution in [2.24, 2.45) is 11.1 Å². The number of methoxy groups -OCH3 is 1. The van der Waals surface area contributed by atoms with Crippen LogP contribution in [0.1, 0.15) is 13.8 Å². The number of nitrogen functional groups attached to an aromatic ring is 1. The summed E-state index contributed by atoms with van der Waals surface area (Å²) in [6.07, 6.45) is 0. The molecular weight excluding hydrogens is 244 g/mol. The van der Waals surface area contributed by atoms with Crippen molar-refractivity contribution in [2.45, 2.75) is 20.4 Å². The smallest absolute Gasteiger partial charge is 0.224 e. The number of hydrogen-bond acceptors (Lipinski definition) is 4. The summed E-state index contributed by atoms with van der Waals surface area (Å²) in [6.45, 7) is 3.93. The van der Waals surface area contributed by atoms with E-state index in [-0.39, 0.29) is 5.91 Å². The van der Waals surface area contributed by atoms with Crippen LogP contribution in [0, 0.1) is 5.41 Å². The summed E-state index contributed by atoms with van der Waals surface area (Å²) in [7, 11) is 1.58. The fourth-order valence-corrected chi connectivity index (χ4v) is 1.94. The van der Waals surface area contributed by atoms with Crippen molar-refractivity contribution >= 4 is 22.9 Å². The van der Waals surface area contributed by atoms with Gasteiger partial charge in [-0.05, 0) is 26.0 Å². The van der Waals surface area contributed by atoms with Gasteiger partial charge in [0.2, 0.25) is 11.9 Å². The van der Waals surface area contributed by atoms with Gasteiger partial charge in [-0.15, -0.1) is 0 Å². The van der Waals surface area contributed by atoms with Crippen LogP contribution in [0.2, 0.25) is 0 Å². The van der Waals surface area contributed by atoms with Gasteiger partial charge in [0.05, 0.1) is 18.0 Å². The lowest BCUT2D eigenvalue weighted by molar-refractivity contribution is -0.126. The zero-order chi connectivity index (χ0) is 14.2. The molecule has 0 atom stereocenters. The first kappa shape index (κ1) is 13.2. The van der Waals surface area contributed by atoms with Gasteiger partial charge >= 0.3 is 0 Å². The van der Waals surface area contributed by atoms with Crippen LogP contribution in [-0.2, 0) is 11.3 Å². The van der Waals surface area contributed by atoms with Gasteiger partial charge in [0, 0.05) is 6.54 Å². The Kier molecular flexibility index (Phi) is 3.09. The molecule has 0 aliphatic carbocycles. The Labute approximate surface area is 111 Å². The number of rotatable bonds is 4. The first-order valence-electron chi connectivity index (χ1n) is 5.95. The number of fused-ring (bicyclic) bond motifs is 1. The van der Waals surface area contributed by atoms with Crippen LogP contribution in [0.5, 0.6) is 5.75 Å². The van der Waals surface area contributed by atoms with Crippen molar-refractivity contribution in [2.75, 3.05) is 12.8 Å². The molecule has 0 spiro atoms. The molecule has 102 valence electrons.